The standard InChI is InChI=1S/C14H12ClFN2O2S/c15-12-7-9(16)1-2-11(12)13(19)18-5-3-10(8-18)20-14-17-4-6-21-14/h1-2,4,6-7,10H,3,5,8H2. The Hall–Kier alpha value is -1.66. The zero-order valence-corrected chi connectivity index (χ0v) is 12.5. The van der Waals surface area contributed by atoms with Crippen molar-refractivity contribution in [2.24, 2.45) is 0 Å². The number of carbonyl (C=O) groups is 1. The molecule has 0 N–H and O–H groups in total. The number of amides is 1. The number of likely N-dealkylation sites (tertiary alicyclic amines) is 1. The van der Waals surface area contributed by atoms with Crippen LogP contribution in [0, 0.1) is 5.82 Å². The highest BCUT2D eigenvalue weighted by atomic mass is 35.5. The van der Waals surface area contributed by atoms with E-state index < -0.39 is 5.82 Å². The van der Waals surface area contributed by atoms with Gasteiger partial charge in [0.05, 0.1) is 17.1 Å². The minimum Gasteiger partial charge on any atom is -0.465 e. The van der Waals surface area contributed by atoms with Crippen LogP contribution in [0.25, 0.3) is 0 Å². The van der Waals surface area contributed by atoms with Gasteiger partial charge in [-0.1, -0.05) is 22.9 Å². The second-order valence-corrected chi connectivity index (χ2v) is 5.97. The SMILES string of the molecule is O=C(c1ccc(F)cc1Cl)N1CCC(Oc2nccs2)C1. The number of nitrogens with zero attached hydrogens (tertiary/aromatic N) is 2. The molecule has 1 aliphatic heterocycles. The molecule has 7 heteroatoms. The molecule has 1 aromatic heterocycles. The molecule has 1 unspecified atom stereocenters. The molecule has 1 saturated heterocycles. The normalized spacial score (nSPS) is 18.0. The maximum Gasteiger partial charge on any atom is 0.273 e. The zero-order chi connectivity index (χ0) is 14.8. The van der Waals surface area contributed by atoms with Crippen LogP contribution in [-0.2, 0) is 0 Å². The van der Waals surface area contributed by atoms with E-state index >= 15 is 0 Å². The van der Waals surface area contributed by atoms with Crippen LogP contribution in [0.1, 0.15) is 16.8 Å². The fourth-order valence-corrected chi connectivity index (χ4v) is 3.05. The van der Waals surface area contributed by atoms with Crippen molar-refractivity contribution < 1.29 is 13.9 Å². The fraction of sp³-hybridized carbons (Fsp3) is 0.286. The summed E-state index contributed by atoms with van der Waals surface area (Å²) in [5.74, 6) is -0.659. The number of benzene rings is 1. The van der Waals surface area contributed by atoms with Gasteiger partial charge in [0.1, 0.15) is 11.9 Å². The van der Waals surface area contributed by atoms with E-state index in [0.29, 0.717) is 23.8 Å². The molecular weight excluding hydrogens is 315 g/mol. The van der Waals surface area contributed by atoms with Crippen molar-refractivity contribution in [3.05, 3.63) is 46.2 Å². The van der Waals surface area contributed by atoms with Gasteiger partial charge >= 0.3 is 0 Å². The molecule has 110 valence electrons. The fourth-order valence-electron chi connectivity index (χ4n) is 2.25. The third-order valence-electron chi connectivity index (χ3n) is 3.27. The molecule has 1 aromatic carbocycles. The molecule has 4 nitrogen and oxygen atoms in total. The van der Waals surface area contributed by atoms with Crippen LogP contribution in [0.3, 0.4) is 0 Å². The first-order valence-corrected chi connectivity index (χ1v) is 7.70. The highest BCUT2D eigenvalue weighted by Crippen LogP contribution is 2.24. The molecular formula is C14H12ClFN2O2S. The van der Waals surface area contributed by atoms with Crippen molar-refractivity contribution in [3.63, 3.8) is 0 Å². The van der Waals surface area contributed by atoms with Crippen LogP contribution in [0.15, 0.2) is 29.8 Å². The van der Waals surface area contributed by atoms with Gasteiger partial charge in [-0.15, -0.1) is 0 Å². The first-order valence-electron chi connectivity index (χ1n) is 6.44. The van der Waals surface area contributed by atoms with Crippen LogP contribution in [-0.4, -0.2) is 35.0 Å². The molecule has 1 amide bonds. The topological polar surface area (TPSA) is 42.4 Å². The quantitative estimate of drug-likeness (QED) is 0.869. The Morgan fingerprint density at radius 2 is 2.38 bits per heavy atom. The van der Waals surface area contributed by atoms with Gasteiger partial charge in [0.2, 0.25) is 0 Å². The molecule has 2 heterocycles. The largest absolute Gasteiger partial charge is 0.465 e. The van der Waals surface area contributed by atoms with Crippen molar-refractivity contribution >= 4 is 28.8 Å². The Balaban J connectivity index is 1.66. The van der Waals surface area contributed by atoms with Gasteiger partial charge in [-0.05, 0) is 18.2 Å². The van der Waals surface area contributed by atoms with Crippen LogP contribution in [0.4, 0.5) is 4.39 Å². The van der Waals surface area contributed by atoms with Crippen LogP contribution >= 0.6 is 22.9 Å². The summed E-state index contributed by atoms with van der Waals surface area (Å²) < 4.78 is 18.7. The molecule has 0 bridgehead atoms. The molecule has 0 radical (unpaired) electrons. The lowest BCUT2D eigenvalue weighted by Gasteiger charge is -2.17. The summed E-state index contributed by atoms with van der Waals surface area (Å²) in [6.07, 6.45) is 2.35. The average molecular weight is 327 g/mol. The smallest absolute Gasteiger partial charge is 0.273 e. The summed E-state index contributed by atoms with van der Waals surface area (Å²) in [4.78, 5) is 18.1. The Labute approximate surface area is 130 Å². The number of hydrogen-bond donors (Lipinski definition) is 0. The van der Waals surface area contributed by atoms with Crippen molar-refractivity contribution in [3.8, 4) is 5.19 Å². The first kappa shape index (κ1) is 14.3. The van der Waals surface area contributed by atoms with Crippen molar-refractivity contribution in [2.75, 3.05) is 13.1 Å². The summed E-state index contributed by atoms with van der Waals surface area (Å²) in [5, 5.41) is 2.57. The Morgan fingerprint density at radius 1 is 1.52 bits per heavy atom. The van der Waals surface area contributed by atoms with E-state index in [2.05, 4.69) is 4.98 Å². The summed E-state index contributed by atoms with van der Waals surface area (Å²) in [6.45, 7) is 1.06. The molecule has 3 rings (SSSR count). The predicted octanol–water partition coefficient (Wildman–Crippen LogP) is 3.23. The molecule has 2 aromatic rings. The zero-order valence-electron chi connectivity index (χ0n) is 11.0. The monoisotopic (exact) mass is 326 g/mol. The van der Waals surface area contributed by atoms with E-state index in [1.807, 2.05) is 5.38 Å². The minimum absolute atomic E-state index is 0.0701. The Morgan fingerprint density at radius 3 is 3.10 bits per heavy atom. The number of ether oxygens (including phenoxy) is 1. The molecule has 1 atom stereocenters. The number of thiazole rings is 1. The highest BCUT2D eigenvalue weighted by Gasteiger charge is 2.29. The first-order chi connectivity index (χ1) is 10.1. The van der Waals surface area contributed by atoms with E-state index in [9.17, 15) is 9.18 Å². The Bertz CT molecular complexity index is 650. The lowest BCUT2D eigenvalue weighted by molar-refractivity contribution is 0.0772. The minimum atomic E-state index is -0.456. The molecule has 0 spiro atoms. The Kier molecular flexibility index (Phi) is 4.07. The summed E-state index contributed by atoms with van der Waals surface area (Å²) >= 11 is 7.35. The second kappa shape index (κ2) is 5.99. The van der Waals surface area contributed by atoms with Crippen molar-refractivity contribution in [1.82, 2.24) is 9.88 Å². The van der Waals surface area contributed by atoms with Crippen LogP contribution in [0.5, 0.6) is 5.19 Å². The maximum atomic E-state index is 13.0. The van der Waals surface area contributed by atoms with Gasteiger partial charge < -0.3 is 9.64 Å². The third kappa shape index (κ3) is 3.16. The molecule has 0 aliphatic carbocycles. The second-order valence-electron chi connectivity index (χ2n) is 4.70. The van der Waals surface area contributed by atoms with Gasteiger partial charge in [0.15, 0.2) is 0 Å². The van der Waals surface area contributed by atoms with Gasteiger partial charge in [0, 0.05) is 24.5 Å². The number of halogens is 2. The maximum absolute atomic E-state index is 13.0. The van der Waals surface area contributed by atoms with Gasteiger partial charge in [-0.2, -0.15) is 0 Å². The number of hydrogen-bond acceptors (Lipinski definition) is 4. The lowest BCUT2D eigenvalue weighted by atomic mass is 10.2. The molecule has 1 aliphatic rings. The van der Waals surface area contributed by atoms with E-state index in [1.54, 1.807) is 11.1 Å². The highest BCUT2D eigenvalue weighted by molar-refractivity contribution is 7.11. The van der Waals surface area contributed by atoms with E-state index in [0.717, 1.165) is 12.5 Å². The third-order valence-corrected chi connectivity index (χ3v) is 4.24. The predicted molar refractivity (Wildman–Crippen MR) is 78.5 cm³/mol. The van der Waals surface area contributed by atoms with Crippen molar-refractivity contribution in [1.29, 1.82) is 0 Å². The number of rotatable bonds is 3. The van der Waals surface area contributed by atoms with E-state index in [-0.39, 0.29) is 17.0 Å². The number of carbonyl (C=O) groups excluding carboxylic acids is 1. The van der Waals surface area contributed by atoms with Crippen LogP contribution < -0.4 is 4.74 Å². The molecule has 1 fully saturated rings. The van der Waals surface area contributed by atoms with Crippen molar-refractivity contribution in [2.45, 2.75) is 12.5 Å². The van der Waals surface area contributed by atoms with Gasteiger partial charge in [-0.3, -0.25) is 4.79 Å². The van der Waals surface area contributed by atoms with Crippen LogP contribution in [0.2, 0.25) is 5.02 Å². The summed E-state index contributed by atoms with van der Waals surface area (Å²) in [5.41, 5.74) is 0.313. The summed E-state index contributed by atoms with van der Waals surface area (Å²) in [7, 11) is 0. The average Bonchev–Trinajstić information content (AvgIpc) is 3.10. The van der Waals surface area contributed by atoms with Gasteiger partial charge in [0.25, 0.3) is 11.1 Å². The number of aromatic nitrogens is 1. The summed E-state index contributed by atoms with van der Waals surface area (Å²) in [6, 6.07) is 3.79. The van der Waals surface area contributed by atoms with Gasteiger partial charge in [-0.25, -0.2) is 9.37 Å². The lowest BCUT2D eigenvalue weighted by Crippen LogP contribution is -2.31. The van der Waals surface area contributed by atoms with E-state index in [4.69, 9.17) is 16.3 Å². The van der Waals surface area contributed by atoms with E-state index in [1.165, 1.54) is 23.5 Å². The molecule has 21 heavy (non-hydrogen) atoms. The molecule has 0 saturated carbocycles.